The second-order valence-electron chi connectivity index (χ2n) is 8.51. The molecule has 9 heteroatoms. The molecule has 0 spiro atoms. The molecule has 2 aromatic carbocycles. The highest BCUT2D eigenvalue weighted by atomic mass is 35.5. The van der Waals surface area contributed by atoms with E-state index in [1.165, 1.54) is 19.2 Å². The lowest BCUT2D eigenvalue weighted by Crippen LogP contribution is -2.31. The molecular weight excluding hydrogens is 502 g/mol. The quantitative estimate of drug-likeness (QED) is 0.324. The van der Waals surface area contributed by atoms with Crippen LogP contribution in [0.1, 0.15) is 45.6 Å². The highest BCUT2D eigenvalue weighted by molar-refractivity contribution is 7.95. The van der Waals surface area contributed by atoms with Crippen molar-refractivity contribution in [3.63, 3.8) is 0 Å². The summed E-state index contributed by atoms with van der Waals surface area (Å²) < 4.78 is 44.2. The molecule has 1 aliphatic heterocycles. The second kappa shape index (κ2) is 12.0. The van der Waals surface area contributed by atoms with Crippen LogP contribution >= 0.6 is 11.6 Å². The standard InChI is InChI=1S/C27H32ClNO6S/c1-6-17(2)34-15-16-35-20-11-13-21(14-12-20)36(31,32)26-19(4)29-18(3)24(27(30)33-5)25(26)22-9-7-8-10-23(22)28/h7-14,17,25,29H,6,15-16H2,1-5H3. The van der Waals surface area contributed by atoms with Gasteiger partial charge in [0.1, 0.15) is 12.4 Å². The molecule has 2 unspecified atom stereocenters. The predicted molar refractivity (Wildman–Crippen MR) is 140 cm³/mol. The molecule has 0 fully saturated rings. The van der Waals surface area contributed by atoms with Crippen LogP contribution in [0.4, 0.5) is 0 Å². The van der Waals surface area contributed by atoms with Crippen molar-refractivity contribution in [2.24, 2.45) is 0 Å². The van der Waals surface area contributed by atoms with Crippen LogP contribution in [0.2, 0.25) is 5.02 Å². The van der Waals surface area contributed by atoms with E-state index in [1.54, 1.807) is 50.2 Å². The number of rotatable bonds is 10. The summed E-state index contributed by atoms with van der Waals surface area (Å²) in [5, 5.41) is 3.40. The number of halogens is 1. The highest BCUT2D eigenvalue weighted by Gasteiger charge is 2.41. The molecule has 0 aliphatic carbocycles. The van der Waals surface area contributed by atoms with E-state index in [0.717, 1.165) is 6.42 Å². The summed E-state index contributed by atoms with van der Waals surface area (Å²) in [6.07, 6.45) is 1.07. The van der Waals surface area contributed by atoms with Crippen LogP contribution in [0.15, 0.2) is 75.3 Å². The minimum Gasteiger partial charge on any atom is -0.491 e. The number of benzene rings is 2. The molecule has 1 heterocycles. The first kappa shape index (κ1) is 27.8. The van der Waals surface area contributed by atoms with Gasteiger partial charge in [0.2, 0.25) is 9.84 Å². The summed E-state index contributed by atoms with van der Waals surface area (Å²) in [5.74, 6) is -1.04. The van der Waals surface area contributed by atoms with E-state index in [2.05, 4.69) is 5.32 Å². The van der Waals surface area contributed by atoms with Crippen LogP contribution < -0.4 is 10.1 Å². The number of nitrogens with one attached hydrogen (secondary N) is 1. The monoisotopic (exact) mass is 533 g/mol. The molecule has 0 saturated carbocycles. The molecule has 2 atom stereocenters. The Morgan fingerprint density at radius 1 is 1.06 bits per heavy atom. The molecule has 2 aromatic rings. The van der Waals surface area contributed by atoms with Gasteiger partial charge in [-0.25, -0.2) is 13.2 Å². The summed E-state index contributed by atoms with van der Waals surface area (Å²) in [7, 11) is -2.78. The zero-order chi connectivity index (χ0) is 26.5. The van der Waals surface area contributed by atoms with Crippen molar-refractivity contribution in [1.29, 1.82) is 0 Å². The van der Waals surface area contributed by atoms with Crippen molar-refractivity contribution in [2.45, 2.75) is 51.0 Å². The molecule has 0 aromatic heterocycles. The maximum absolute atomic E-state index is 14.0. The zero-order valence-corrected chi connectivity index (χ0v) is 22.7. The normalized spacial score (nSPS) is 17.0. The SMILES string of the molecule is CCC(C)OCCOc1ccc(S(=O)(=O)C2=C(C)NC(C)=C(C(=O)OC)C2c2ccccc2Cl)cc1. The molecule has 3 rings (SSSR count). The van der Waals surface area contributed by atoms with Crippen molar-refractivity contribution in [3.05, 3.63) is 81.0 Å². The molecule has 0 saturated heterocycles. The fraction of sp³-hybridized carbons (Fsp3) is 0.370. The Balaban J connectivity index is 1.98. The molecule has 7 nitrogen and oxygen atoms in total. The lowest BCUT2D eigenvalue weighted by atomic mass is 9.86. The minimum absolute atomic E-state index is 0.0391. The van der Waals surface area contributed by atoms with Gasteiger partial charge in [0.25, 0.3) is 0 Å². The number of carbonyl (C=O) groups is 1. The van der Waals surface area contributed by atoms with Crippen LogP contribution in [0, 0.1) is 0 Å². The summed E-state index contributed by atoms with van der Waals surface area (Å²) in [6, 6.07) is 13.1. The van der Waals surface area contributed by atoms with Gasteiger partial charge < -0.3 is 19.5 Å². The zero-order valence-electron chi connectivity index (χ0n) is 21.1. The second-order valence-corrected chi connectivity index (χ2v) is 10.8. The third-order valence-electron chi connectivity index (χ3n) is 6.07. The van der Waals surface area contributed by atoms with Crippen molar-refractivity contribution >= 4 is 27.4 Å². The first-order chi connectivity index (χ1) is 17.1. The summed E-state index contributed by atoms with van der Waals surface area (Å²) in [6.45, 7) is 8.21. The Kier molecular flexibility index (Phi) is 9.22. The largest absolute Gasteiger partial charge is 0.491 e. The van der Waals surface area contributed by atoms with Crippen LogP contribution in [0.25, 0.3) is 0 Å². The Hall–Kier alpha value is -2.81. The fourth-order valence-corrected chi connectivity index (χ4v) is 6.09. The summed E-state index contributed by atoms with van der Waals surface area (Å²) in [4.78, 5) is 12.9. The van der Waals surface area contributed by atoms with Gasteiger partial charge in [-0.2, -0.15) is 0 Å². The fourth-order valence-electron chi connectivity index (χ4n) is 4.09. The molecule has 194 valence electrons. The van der Waals surface area contributed by atoms with E-state index in [0.29, 0.717) is 40.9 Å². The molecule has 0 amide bonds. The van der Waals surface area contributed by atoms with Gasteiger partial charge in [-0.3, -0.25) is 0 Å². The number of sulfone groups is 1. The molecule has 0 radical (unpaired) electrons. The third kappa shape index (κ3) is 5.94. The molecular formula is C27H32ClNO6S. The van der Waals surface area contributed by atoms with Gasteiger partial charge in [-0.05, 0) is 63.1 Å². The molecule has 1 aliphatic rings. The van der Waals surface area contributed by atoms with Crippen molar-refractivity contribution in [2.75, 3.05) is 20.3 Å². The van der Waals surface area contributed by atoms with E-state index in [1.807, 2.05) is 13.8 Å². The van der Waals surface area contributed by atoms with Crippen LogP contribution in [0.3, 0.4) is 0 Å². The summed E-state index contributed by atoms with van der Waals surface area (Å²) in [5.41, 5.74) is 1.61. The first-order valence-corrected chi connectivity index (χ1v) is 13.6. The van der Waals surface area contributed by atoms with Gasteiger partial charge >= 0.3 is 5.97 Å². The maximum Gasteiger partial charge on any atom is 0.336 e. The van der Waals surface area contributed by atoms with Gasteiger partial charge in [0, 0.05) is 16.4 Å². The Morgan fingerprint density at radius 3 is 2.33 bits per heavy atom. The number of dihydropyridines is 1. The number of hydrogen-bond acceptors (Lipinski definition) is 7. The third-order valence-corrected chi connectivity index (χ3v) is 8.43. The van der Waals surface area contributed by atoms with Crippen LogP contribution in [-0.2, 0) is 24.1 Å². The summed E-state index contributed by atoms with van der Waals surface area (Å²) >= 11 is 6.50. The van der Waals surface area contributed by atoms with Gasteiger partial charge in [-0.15, -0.1) is 0 Å². The smallest absolute Gasteiger partial charge is 0.336 e. The van der Waals surface area contributed by atoms with Gasteiger partial charge in [0.05, 0.1) is 41.1 Å². The number of hydrogen-bond donors (Lipinski definition) is 1. The Morgan fingerprint density at radius 2 is 1.72 bits per heavy atom. The predicted octanol–water partition coefficient (Wildman–Crippen LogP) is 5.37. The van der Waals surface area contributed by atoms with E-state index in [9.17, 15) is 13.2 Å². The van der Waals surface area contributed by atoms with Gasteiger partial charge in [-0.1, -0.05) is 36.7 Å². The average molecular weight is 534 g/mol. The van der Waals surface area contributed by atoms with Crippen molar-refractivity contribution in [3.8, 4) is 5.75 Å². The van der Waals surface area contributed by atoms with E-state index in [4.69, 9.17) is 25.8 Å². The van der Waals surface area contributed by atoms with E-state index in [-0.39, 0.29) is 21.5 Å². The van der Waals surface area contributed by atoms with E-state index >= 15 is 0 Å². The molecule has 1 N–H and O–H groups in total. The number of allylic oxidation sites excluding steroid dienone is 3. The first-order valence-electron chi connectivity index (χ1n) is 11.7. The molecule has 36 heavy (non-hydrogen) atoms. The Bertz CT molecular complexity index is 1270. The number of methoxy groups -OCH3 is 1. The number of esters is 1. The van der Waals surface area contributed by atoms with Crippen LogP contribution in [-0.4, -0.2) is 40.8 Å². The van der Waals surface area contributed by atoms with Crippen LogP contribution in [0.5, 0.6) is 5.75 Å². The van der Waals surface area contributed by atoms with Gasteiger partial charge in [0.15, 0.2) is 0 Å². The van der Waals surface area contributed by atoms with Crippen molar-refractivity contribution in [1.82, 2.24) is 5.32 Å². The van der Waals surface area contributed by atoms with Crippen molar-refractivity contribution < 1.29 is 27.4 Å². The maximum atomic E-state index is 14.0. The lowest BCUT2D eigenvalue weighted by molar-refractivity contribution is -0.136. The highest BCUT2D eigenvalue weighted by Crippen LogP contribution is 2.45. The minimum atomic E-state index is -4.04. The number of carbonyl (C=O) groups excluding carboxylic acids is 1. The number of ether oxygens (including phenoxy) is 3. The lowest BCUT2D eigenvalue weighted by Gasteiger charge is -2.31. The average Bonchev–Trinajstić information content (AvgIpc) is 2.86. The topological polar surface area (TPSA) is 90.9 Å². The Labute approximate surface area is 218 Å². The molecule has 0 bridgehead atoms. The van der Waals surface area contributed by atoms with E-state index < -0.39 is 21.7 Å².